The zero-order chi connectivity index (χ0) is 3.58. The molecule has 3 radical (unpaired) electrons. The van der Waals surface area contributed by atoms with Crippen LogP contribution in [0.25, 0.3) is 0 Å². The van der Waals surface area contributed by atoms with Crippen LogP contribution in [0.15, 0.2) is 0 Å². The molecule has 0 rings (SSSR count). The Morgan fingerprint density at radius 3 is 1.80 bits per heavy atom. The Bertz CT molecular complexity index is 32.6. The minimum Gasteiger partial charge on any atom is -0.465 e. The van der Waals surface area contributed by atoms with Gasteiger partial charge >= 0.3 is 6.09 Å². The van der Waals surface area contributed by atoms with Gasteiger partial charge in [0.05, 0.1) is 0 Å². The van der Waals surface area contributed by atoms with Crippen LogP contribution < -0.4 is 5.73 Å². The van der Waals surface area contributed by atoms with E-state index in [1.54, 1.807) is 0 Å². The fourth-order valence-corrected chi connectivity index (χ4v) is 0. The summed E-state index contributed by atoms with van der Waals surface area (Å²) in [6.45, 7) is 0. The Balaban J connectivity index is 0. The Morgan fingerprint density at radius 1 is 1.80 bits per heavy atom. The molecule has 0 saturated heterocycles. The van der Waals surface area contributed by atoms with E-state index in [4.69, 9.17) is 9.90 Å². The van der Waals surface area contributed by atoms with Gasteiger partial charge in [0.1, 0.15) is 0 Å². The monoisotopic (exact) mass is 182 g/mol. The van der Waals surface area contributed by atoms with E-state index in [9.17, 15) is 0 Å². The van der Waals surface area contributed by atoms with Crippen molar-refractivity contribution in [2.24, 2.45) is 5.73 Å². The van der Waals surface area contributed by atoms with Crippen LogP contribution in [-0.2, 0) is 0 Å². The number of rotatable bonds is 0. The number of nitrogens with two attached hydrogens (primary N) is 1. The van der Waals surface area contributed by atoms with E-state index < -0.39 is 6.09 Å². The molecule has 0 aromatic rings. The predicted octanol–water partition coefficient (Wildman–Crippen LogP) is -0.758. The van der Waals surface area contributed by atoms with E-state index in [0.29, 0.717) is 0 Å². The van der Waals surface area contributed by atoms with Gasteiger partial charge in [0.25, 0.3) is 0 Å². The first-order valence-corrected chi connectivity index (χ1v) is 0.716. The summed E-state index contributed by atoms with van der Waals surface area (Å²) in [6.07, 6.45) is -1.33. The molecule has 0 aliphatic heterocycles. The number of carboxylic acid groups (broad SMARTS) is 1. The van der Waals surface area contributed by atoms with Gasteiger partial charge in [-0.25, -0.2) is 4.79 Å². The van der Waals surface area contributed by atoms with Gasteiger partial charge in [-0.05, 0) is 0 Å². The molecular formula is CH3NO2Sb. The largest absolute Gasteiger partial charge is 0.465 e. The number of hydrogen-bond donors (Lipinski definition) is 2. The summed E-state index contributed by atoms with van der Waals surface area (Å²) in [6, 6.07) is 0. The minimum absolute atomic E-state index is 0. The zero-order valence-electron chi connectivity index (χ0n) is 2.38. The summed E-state index contributed by atoms with van der Waals surface area (Å²) in [7, 11) is 0. The average Bonchev–Trinajstić information content (AvgIpc) is 0.811. The Morgan fingerprint density at radius 2 is 1.80 bits per heavy atom. The molecule has 0 aliphatic carbocycles. The molecule has 0 saturated carbocycles. The second kappa shape index (κ2) is 4.09. The Labute approximate surface area is 46.6 Å². The van der Waals surface area contributed by atoms with Crippen molar-refractivity contribution in [3.8, 4) is 0 Å². The van der Waals surface area contributed by atoms with Gasteiger partial charge in [-0.2, -0.15) is 0 Å². The summed E-state index contributed by atoms with van der Waals surface area (Å²) >= 11 is 0. The van der Waals surface area contributed by atoms with E-state index in [1.165, 1.54) is 0 Å². The molecule has 29 valence electrons. The van der Waals surface area contributed by atoms with Crippen LogP contribution in [0.5, 0.6) is 0 Å². The first kappa shape index (κ1) is 8.92. The van der Waals surface area contributed by atoms with Crippen LogP contribution in [-0.4, -0.2) is 35.6 Å². The topological polar surface area (TPSA) is 63.3 Å². The van der Waals surface area contributed by atoms with E-state index in [-0.39, 0.29) is 24.4 Å². The molecule has 0 aromatic heterocycles. The molecule has 1 amide bonds. The summed E-state index contributed by atoms with van der Waals surface area (Å²) < 4.78 is 0. The molecule has 0 spiro atoms. The summed E-state index contributed by atoms with van der Waals surface area (Å²) in [5.41, 5.74) is 4.03. The maximum absolute atomic E-state index is 8.78. The quantitative estimate of drug-likeness (QED) is 0.484. The van der Waals surface area contributed by atoms with Crippen molar-refractivity contribution in [3.05, 3.63) is 0 Å². The third kappa shape index (κ3) is 2290. The fraction of sp³-hybridized carbons (Fsp3) is 0. The standard InChI is InChI=1S/CH3NO2.Sb/c2-1(3)4;/h2H2,(H,3,4);. The average molecular weight is 183 g/mol. The van der Waals surface area contributed by atoms with Gasteiger partial charge < -0.3 is 10.8 Å². The second-order valence-corrected chi connectivity index (χ2v) is 0.338. The van der Waals surface area contributed by atoms with Crippen LogP contribution in [0.3, 0.4) is 0 Å². The third-order valence-electron chi connectivity index (χ3n) is 0. The molecule has 0 aliphatic rings. The van der Waals surface area contributed by atoms with Crippen molar-refractivity contribution in [1.82, 2.24) is 0 Å². The number of hydrogen-bond acceptors (Lipinski definition) is 1. The Kier molecular flexibility index (Phi) is 7.29. The van der Waals surface area contributed by atoms with Crippen molar-refractivity contribution in [3.63, 3.8) is 0 Å². The summed E-state index contributed by atoms with van der Waals surface area (Å²) in [5.74, 6) is 0. The maximum atomic E-state index is 8.78. The van der Waals surface area contributed by atoms with Gasteiger partial charge in [0.15, 0.2) is 0 Å². The molecule has 0 bridgehead atoms. The third-order valence-corrected chi connectivity index (χ3v) is 0. The van der Waals surface area contributed by atoms with Crippen molar-refractivity contribution >= 4 is 30.5 Å². The molecule has 5 heavy (non-hydrogen) atoms. The van der Waals surface area contributed by atoms with Gasteiger partial charge in [-0.3, -0.25) is 0 Å². The molecule has 0 heterocycles. The predicted molar refractivity (Wildman–Crippen MR) is 18.0 cm³/mol. The van der Waals surface area contributed by atoms with Gasteiger partial charge in [-0.15, -0.1) is 0 Å². The minimum atomic E-state index is -1.33. The van der Waals surface area contributed by atoms with Crippen LogP contribution >= 0.6 is 0 Å². The molecule has 0 unspecified atom stereocenters. The first-order valence-electron chi connectivity index (χ1n) is 0.716. The summed E-state index contributed by atoms with van der Waals surface area (Å²) in [4.78, 5) is 8.78. The molecule has 3 nitrogen and oxygen atoms in total. The van der Waals surface area contributed by atoms with Crippen molar-refractivity contribution < 1.29 is 9.90 Å². The van der Waals surface area contributed by atoms with Crippen molar-refractivity contribution in [1.29, 1.82) is 0 Å². The van der Waals surface area contributed by atoms with Crippen molar-refractivity contribution in [2.75, 3.05) is 0 Å². The summed E-state index contributed by atoms with van der Waals surface area (Å²) in [5, 5.41) is 7.19. The zero-order valence-corrected chi connectivity index (χ0v) is 4.93. The van der Waals surface area contributed by atoms with Gasteiger partial charge in [-0.1, -0.05) is 0 Å². The Hall–Kier alpha value is 0.0882. The van der Waals surface area contributed by atoms with E-state index >= 15 is 0 Å². The molecule has 0 atom stereocenters. The normalized spacial score (nSPS) is 4.80. The SMILES string of the molecule is NC(=O)O.[Sb]. The molecular weight excluding hydrogens is 180 g/mol. The maximum Gasteiger partial charge on any atom is 0.402 e. The number of carbonyl (C=O) groups is 1. The molecule has 0 fully saturated rings. The first-order chi connectivity index (χ1) is 1.73. The van der Waals surface area contributed by atoms with Gasteiger partial charge in [0, 0.05) is 24.4 Å². The molecule has 4 heteroatoms. The molecule has 3 N–H and O–H groups in total. The van der Waals surface area contributed by atoms with Crippen LogP contribution in [0.4, 0.5) is 4.79 Å². The van der Waals surface area contributed by atoms with Crippen LogP contribution in [0.2, 0.25) is 0 Å². The van der Waals surface area contributed by atoms with Gasteiger partial charge in [0.2, 0.25) is 0 Å². The fourth-order valence-electron chi connectivity index (χ4n) is 0. The molecule has 0 aromatic carbocycles. The van der Waals surface area contributed by atoms with E-state index in [2.05, 4.69) is 5.73 Å². The smallest absolute Gasteiger partial charge is 0.402 e. The number of amides is 1. The van der Waals surface area contributed by atoms with Crippen LogP contribution in [0, 0.1) is 0 Å². The number of primary amides is 1. The van der Waals surface area contributed by atoms with Crippen LogP contribution in [0.1, 0.15) is 0 Å². The second-order valence-electron chi connectivity index (χ2n) is 0.338. The van der Waals surface area contributed by atoms with E-state index in [1.807, 2.05) is 0 Å². The van der Waals surface area contributed by atoms with E-state index in [0.717, 1.165) is 0 Å². The van der Waals surface area contributed by atoms with Crippen molar-refractivity contribution in [2.45, 2.75) is 0 Å².